The van der Waals surface area contributed by atoms with Crippen LogP contribution in [-0.4, -0.2) is 48.8 Å². The fourth-order valence-corrected chi connectivity index (χ4v) is 4.48. The van der Waals surface area contributed by atoms with E-state index in [2.05, 4.69) is 21.8 Å². The van der Waals surface area contributed by atoms with Gasteiger partial charge in [0.25, 0.3) is 5.91 Å². The van der Waals surface area contributed by atoms with E-state index in [1.807, 2.05) is 18.2 Å². The van der Waals surface area contributed by atoms with Crippen molar-refractivity contribution in [3.8, 4) is 17.5 Å². The number of fused-ring (bicyclic) bond motifs is 1. The summed E-state index contributed by atoms with van der Waals surface area (Å²) in [6.45, 7) is 2.46. The number of hydrogen-bond acceptors (Lipinski definition) is 6. The molecule has 0 aliphatic carbocycles. The smallest absolute Gasteiger partial charge is 0.335 e. The van der Waals surface area contributed by atoms with Crippen molar-refractivity contribution in [1.82, 2.24) is 24.0 Å². The highest BCUT2D eigenvalue weighted by Crippen LogP contribution is 2.27. The van der Waals surface area contributed by atoms with E-state index in [1.54, 1.807) is 52.8 Å². The molecule has 1 aliphatic heterocycles. The molecule has 0 bridgehead atoms. The van der Waals surface area contributed by atoms with Gasteiger partial charge in [-0.15, -0.1) is 0 Å². The highest BCUT2D eigenvalue weighted by atomic mass is 16.2. The monoisotopic (exact) mass is 466 g/mol. The number of rotatable bonds is 4. The third-order valence-corrected chi connectivity index (χ3v) is 6.15. The number of anilines is 1. The Kier molecular flexibility index (Phi) is 5.63. The standard InChI is InChI=1S/C26H22N6O3/c1-2-6-21(33)30-14-13-20(15-30)32-25-22(24(27)28-16-29-25)31(26(32)35)19-11-9-18(10-12-19)23(34)17-7-4-3-5-8-17/h3-5,7-12,16,20H,13-15H2,1H3,(H2,27,28,29)/t20-/m1/s1. The number of likely N-dealkylation sites (tertiary alicyclic amines) is 1. The molecular formula is C26H22N6O3. The highest BCUT2D eigenvalue weighted by molar-refractivity contribution is 6.09. The number of nitrogens with zero attached hydrogens (tertiary/aromatic N) is 5. The summed E-state index contributed by atoms with van der Waals surface area (Å²) in [5.41, 5.74) is 8.25. The summed E-state index contributed by atoms with van der Waals surface area (Å²) in [6, 6.07) is 15.5. The molecule has 9 heteroatoms. The number of hydrogen-bond donors (Lipinski definition) is 1. The van der Waals surface area contributed by atoms with Gasteiger partial charge >= 0.3 is 5.69 Å². The molecule has 0 spiro atoms. The van der Waals surface area contributed by atoms with Crippen molar-refractivity contribution in [1.29, 1.82) is 0 Å². The molecule has 1 amide bonds. The fraction of sp³-hybridized carbons (Fsp3) is 0.192. The van der Waals surface area contributed by atoms with Crippen molar-refractivity contribution in [2.45, 2.75) is 19.4 Å². The van der Waals surface area contributed by atoms with Crippen LogP contribution in [0.25, 0.3) is 16.9 Å². The Morgan fingerprint density at radius 1 is 1.03 bits per heavy atom. The zero-order valence-corrected chi connectivity index (χ0v) is 19.0. The van der Waals surface area contributed by atoms with Gasteiger partial charge in [0.1, 0.15) is 11.8 Å². The minimum Gasteiger partial charge on any atom is -0.382 e. The van der Waals surface area contributed by atoms with E-state index in [-0.39, 0.29) is 29.2 Å². The van der Waals surface area contributed by atoms with Crippen molar-refractivity contribution < 1.29 is 9.59 Å². The number of carbonyl (C=O) groups is 2. The zero-order valence-electron chi connectivity index (χ0n) is 19.0. The summed E-state index contributed by atoms with van der Waals surface area (Å²) in [6.07, 6.45) is 1.91. The molecule has 1 atom stereocenters. The van der Waals surface area contributed by atoms with Crippen molar-refractivity contribution in [2.75, 3.05) is 18.8 Å². The minimum absolute atomic E-state index is 0.110. The van der Waals surface area contributed by atoms with Gasteiger partial charge in [0, 0.05) is 24.2 Å². The molecule has 2 aromatic carbocycles. The summed E-state index contributed by atoms with van der Waals surface area (Å²) in [4.78, 5) is 48.8. The Bertz CT molecular complexity index is 1560. The molecule has 2 N–H and O–H groups in total. The van der Waals surface area contributed by atoms with Gasteiger partial charge in [0.15, 0.2) is 17.2 Å². The lowest BCUT2D eigenvalue weighted by Gasteiger charge is -2.14. The number of amides is 1. The summed E-state index contributed by atoms with van der Waals surface area (Å²) in [5.74, 6) is 4.96. The zero-order chi connectivity index (χ0) is 24.5. The Hall–Kier alpha value is -4.71. The van der Waals surface area contributed by atoms with Crippen LogP contribution in [0, 0.1) is 11.8 Å². The van der Waals surface area contributed by atoms with Gasteiger partial charge in [-0.3, -0.25) is 18.7 Å². The van der Waals surface area contributed by atoms with Crippen LogP contribution in [-0.2, 0) is 4.79 Å². The first kappa shape index (κ1) is 22.1. The van der Waals surface area contributed by atoms with E-state index in [0.717, 1.165) is 0 Å². The molecular weight excluding hydrogens is 444 g/mol. The van der Waals surface area contributed by atoms with Gasteiger partial charge in [-0.1, -0.05) is 36.3 Å². The second-order valence-electron chi connectivity index (χ2n) is 8.23. The van der Waals surface area contributed by atoms with Gasteiger partial charge in [0.2, 0.25) is 0 Å². The van der Waals surface area contributed by atoms with Crippen LogP contribution < -0.4 is 11.4 Å². The first-order chi connectivity index (χ1) is 17.0. The van der Waals surface area contributed by atoms with Crippen molar-refractivity contribution in [3.05, 3.63) is 82.5 Å². The normalized spacial score (nSPS) is 15.1. The minimum atomic E-state index is -0.338. The lowest BCUT2D eigenvalue weighted by molar-refractivity contribution is -0.124. The first-order valence-electron chi connectivity index (χ1n) is 11.1. The summed E-state index contributed by atoms with van der Waals surface area (Å²) >= 11 is 0. The van der Waals surface area contributed by atoms with Crippen LogP contribution in [0.3, 0.4) is 0 Å². The summed E-state index contributed by atoms with van der Waals surface area (Å²) in [5, 5.41) is 0. The van der Waals surface area contributed by atoms with Crippen molar-refractivity contribution in [2.24, 2.45) is 0 Å². The predicted octanol–water partition coefficient (Wildman–Crippen LogP) is 2.19. The van der Waals surface area contributed by atoms with Gasteiger partial charge in [0.05, 0.1) is 11.7 Å². The molecule has 0 saturated carbocycles. The number of carbonyl (C=O) groups excluding carboxylic acids is 2. The van der Waals surface area contributed by atoms with Crippen LogP contribution in [0.2, 0.25) is 0 Å². The van der Waals surface area contributed by atoms with Crippen LogP contribution >= 0.6 is 0 Å². The van der Waals surface area contributed by atoms with Gasteiger partial charge in [-0.2, -0.15) is 0 Å². The maximum absolute atomic E-state index is 13.7. The van der Waals surface area contributed by atoms with Crippen molar-refractivity contribution in [3.63, 3.8) is 0 Å². The average molecular weight is 467 g/mol. The Morgan fingerprint density at radius 2 is 1.74 bits per heavy atom. The number of imidazole rings is 1. The largest absolute Gasteiger partial charge is 0.382 e. The molecule has 5 rings (SSSR count). The van der Waals surface area contributed by atoms with Crippen LogP contribution in [0.4, 0.5) is 5.82 Å². The van der Waals surface area contributed by atoms with E-state index < -0.39 is 0 Å². The van der Waals surface area contributed by atoms with Crippen LogP contribution in [0.1, 0.15) is 35.3 Å². The molecule has 1 aliphatic rings. The molecule has 1 saturated heterocycles. The maximum atomic E-state index is 13.7. The second kappa shape index (κ2) is 8.91. The topological polar surface area (TPSA) is 116 Å². The van der Waals surface area contributed by atoms with E-state index in [4.69, 9.17) is 5.73 Å². The van der Waals surface area contributed by atoms with E-state index >= 15 is 0 Å². The molecule has 174 valence electrons. The lowest BCUT2D eigenvalue weighted by Crippen LogP contribution is -2.31. The molecule has 1 fully saturated rings. The molecule has 0 unspecified atom stereocenters. The number of aromatic nitrogens is 4. The van der Waals surface area contributed by atoms with E-state index in [1.165, 1.54) is 10.9 Å². The molecule has 9 nitrogen and oxygen atoms in total. The SMILES string of the molecule is CC#CC(=O)N1CC[C@@H](n2c(=O)n(-c3ccc(C(=O)c4ccccc4)cc3)c3c(N)ncnc32)C1. The molecule has 4 aromatic rings. The van der Waals surface area contributed by atoms with Gasteiger partial charge < -0.3 is 10.6 Å². The van der Waals surface area contributed by atoms with Gasteiger partial charge in [-0.25, -0.2) is 14.8 Å². The highest BCUT2D eigenvalue weighted by Gasteiger charge is 2.31. The number of ketones is 1. The molecule has 0 radical (unpaired) electrons. The first-order valence-corrected chi connectivity index (χ1v) is 11.1. The number of benzene rings is 2. The lowest BCUT2D eigenvalue weighted by atomic mass is 10.0. The predicted molar refractivity (Wildman–Crippen MR) is 131 cm³/mol. The Labute approximate surface area is 200 Å². The fourth-order valence-electron chi connectivity index (χ4n) is 4.48. The third-order valence-electron chi connectivity index (χ3n) is 6.15. The number of nitrogen functional groups attached to an aromatic ring is 1. The molecule has 35 heavy (non-hydrogen) atoms. The maximum Gasteiger partial charge on any atom is 0.335 e. The van der Waals surface area contributed by atoms with Crippen LogP contribution in [0.5, 0.6) is 0 Å². The average Bonchev–Trinajstić information content (AvgIpc) is 3.47. The quantitative estimate of drug-likeness (QED) is 0.364. The summed E-state index contributed by atoms with van der Waals surface area (Å²) in [7, 11) is 0. The number of nitrogens with two attached hydrogens (primary N) is 1. The second-order valence-corrected chi connectivity index (χ2v) is 8.23. The van der Waals surface area contributed by atoms with E-state index in [0.29, 0.717) is 47.5 Å². The van der Waals surface area contributed by atoms with E-state index in [9.17, 15) is 14.4 Å². The summed E-state index contributed by atoms with van der Waals surface area (Å²) < 4.78 is 3.03. The van der Waals surface area contributed by atoms with Crippen molar-refractivity contribution >= 4 is 28.7 Å². The molecule has 3 heterocycles. The Balaban J connectivity index is 1.56. The third kappa shape index (κ3) is 3.85. The van der Waals surface area contributed by atoms with Crippen LogP contribution in [0.15, 0.2) is 65.7 Å². The Morgan fingerprint density at radius 3 is 2.46 bits per heavy atom. The van der Waals surface area contributed by atoms with Gasteiger partial charge in [-0.05, 0) is 43.5 Å². The molecule has 2 aromatic heterocycles.